The van der Waals surface area contributed by atoms with E-state index in [1.165, 1.54) is 6.92 Å². The van der Waals surface area contributed by atoms with Gasteiger partial charge < -0.3 is 10.6 Å². The number of rotatable bonds is 4. The SMILES string of the molecule is CC(CN)C(=O)N(CC(F)(F)F)C(C)C. The van der Waals surface area contributed by atoms with Gasteiger partial charge in [0, 0.05) is 18.5 Å². The minimum Gasteiger partial charge on any atom is -0.331 e. The summed E-state index contributed by atoms with van der Waals surface area (Å²) >= 11 is 0. The molecule has 0 bridgehead atoms. The summed E-state index contributed by atoms with van der Waals surface area (Å²) in [4.78, 5) is 12.3. The Morgan fingerprint density at radius 3 is 2.07 bits per heavy atom. The number of carbonyl (C=O) groups excluding carboxylic acids is 1. The lowest BCUT2D eigenvalue weighted by Gasteiger charge is -2.29. The van der Waals surface area contributed by atoms with Crippen LogP contribution in [0.1, 0.15) is 20.8 Å². The van der Waals surface area contributed by atoms with Crippen LogP contribution in [-0.4, -0.2) is 36.1 Å². The van der Waals surface area contributed by atoms with Crippen molar-refractivity contribution in [1.82, 2.24) is 4.90 Å². The molecule has 1 unspecified atom stereocenters. The maximum atomic E-state index is 12.2. The Morgan fingerprint density at radius 2 is 1.80 bits per heavy atom. The first-order chi connectivity index (χ1) is 6.69. The Labute approximate surface area is 87.4 Å². The molecule has 3 nitrogen and oxygen atoms in total. The van der Waals surface area contributed by atoms with Gasteiger partial charge in [-0.25, -0.2) is 0 Å². The minimum atomic E-state index is -4.37. The lowest BCUT2D eigenvalue weighted by atomic mass is 10.1. The first-order valence-corrected chi connectivity index (χ1v) is 4.76. The van der Waals surface area contributed by atoms with Gasteiger partial charge in [0.15, 0.2) is 0 Å². The van der Waals surface area contributed by atoms with Crippen LogP contribution in [0, 0.1) is 5.92 Å². The lowest BCUT2D eigenvalue weighted by Crippen LogP contribution is -2.46. The zero-order valence-corrected chi connectivity index (χ0v) is 9.14. The monoisotopic (exact) mass is 226 g/mol. The molecule has 0 aromatic rings. The van der Waals surface area contributed by atoms with Crippen LogP contribution in [0.3, 0.4) is 0 Å². The summed E-state index contributed by atoms with van der Waals surface area (Å²) in [5.41, 5.74) is 5.25. The second kappa shape index (κ2) is 5.34. The molecule has 0 aliphatic carbocycles. The third kappa shape index (κ3) is 5.01. The fourth-order valence-electron chi connectivity index (χ4n) is 1.09. The summed E-state index contributed by atoms with van der Waals surface area (Å²) in [7, 11) is 0. The molecule has 0 aromatic carbocycles. The van der Waals surface area contributed by atoms with E-state index in [-0.39, 0.29) is 6.54 Å². The number of carbonyl (C=O) groups is 1. The normalized spacial score (nSPS) is 14.1. The number of halogens is 3. The third-order valence-corrected chi connectivity index (χ3v) is 2.03. The highest BCUT2D eigenvalue weighted by molar-refractivity contribution is 5.79. The van der Waals surface area contributed by atoms with Crippen LogP contribution in [0.5, 0.6) is 0 Å². The molecule has 90 valence electrons. The molecule has 15 heavy (non-hydrogen) atoms. The zero-order chi connectivity index (χ0) is 12.2. The van der Waals surface area contributed by atoms with E-state index in [0.717, 1.165) is 4.90 Å². The standard InChI is InChI=1S/C9H17F3N2O/c1-6(2)14(5-9(10,11)12)8(15)7(3)4-13/h6-7H,4-5,13H2,1-3H3. The van der Waals surface area contributed by atoms with Crippen molar-refractivity contribution in [1.29, 1.82) is 0 Å². The Kier molecular flexibility index (Phi) is 5.07. The molecule has 1 atom stereocenters. The van der Waals surface area contributed by atoms with E-state index in [9.17, 15) is 18.0 Å². The maximum absolute atomic E-state index is 12.2. The van der Waals surface area contributed by atoms with Crippen molar-refractivity contribution in [2.45, 2.75) is 33.0 Å². The first kappa shape index (κ1) is 14.2. The highest BCUT2D eigenvalue weighted by atomic mass is 19.4. The minimum absolute atomic E-state index is 0.0555. The number of nitrogens with zero attached hydrogens (tertiary/aromatic N) is 1. The molecule has 0 radical (unpaired) electrons. The Bertz CT molecular complexity index is 216. The second-order valence-electron chi connectivity index (χ2n) is 3.81. The van der Waals surface area contributed by atoms with E-state index in [4.69, 9.17) is 5.73 Å². The van der Waals surface area contributed by atoms with Crippen LogP contribution >= 0.6 is 0 Å². The molecule has 6 heteroatoms. The number of hydrogen-bond acceptors (Lipinski definition) is 2. The van der Waals surface area contributed by atoms with Crippen LogP contribution in [0.2, 0.25) is 0 Å². The van der Waals surface area contributed by atoms with Gasteiger partial charge in [0.1, 0.15) is 6.54 Å². The van der Waals surface area contributed by atoms with Gasteiger partial charge in [0.25, 0.3) is 0 Å². The van der Waals surface area contributed by atoms with E-state index in [0.29, 0.717) is 0 Å². The van der Waals surface area contributed by atoms with E-state index < -0.39 is 30.6 Å². The summed E-state index contributed by atoms with van der Waals surface area (Å²) in [6.07, 6.45) is -4.37. The fourth-order valence-corrected chi connectivity index (χ4v) is 1.09. The predicted octanol–water partition coefficient (Wildman–Crippen LogP) is 1.38. The van der Waals surface area contributed by atoms with Gasteiger partial charge in [0.2, 0.25) is 5.91 Å². The summed E-state index contributed by atoms with van der Waals surface area (Å²) in [5.74, 6) is -1.13. The maximum Gasteiger partial charge on any atom is 0.406 e. The van der Waals surface area contributed by atoms with Gasteiger partial charge in [-0.3, -0.25) is 4.79 Å². The van der Waals surface area contributed by atoms with Gasteiger partial charge in [-0.15, -0.1) is 0 Å². The molecule has 1 amide bonds. The van der Waals surface area contributed by atoms with Crippen LogP contribution < -0.4 is 5.73 Å². The molecule has 0 spiro atoms. The van der Waals surface area contributed by atoms with Crippen molar-refractivity contribution in [3.63, 3.8) is 0 Å². The molecule has 0 aliphatic heterocycles. The molecular formula is C9H17F3N2O. The zero-order valence-electron chi connectivity index (χ0n) is 9.14. The Balaban J connectivity index is 4.60. The molecule has 0 aromatic heterocycles. The summed E-state index contributed by atoms with van der Waals surface area (Å²) in [6.45, 7) is 3.46. The van der Waals surface area contributed by atoms with Crippen molar-refractivity contribution in [3.8, 4) is 0 Å². The van der Waals surface area contributed by atoms with Crippen molar-refractivity contribution in [2.24, 2.45) is 11.7 Å². The van der Waals surface area contributed by atoms with Gasteiger partial charge in [-0.2, -0.15) is 13.2 Å². The van der Waals surface area contributed by atoms with Gasteiger partial charge >= 0.3 is 6.18 Å². The van der Waals surface area contributed by atoms with E-state index in [1.807, 2.05) is 0 Å². The summed E-state index contributed by atoms with van der Waals surface area (Å²) in [6, 6.07) is -0.479. The quantitative estimate of drug-likeness (QED) is 0.787. The Morgan fingerprint density at radius 1 is 1.33 bits per heavy atom. The van der Waals surface area contributed by atoms with Crippen molar-refractivity contribution in [3.05, 3.63) is 0 Å². The average Bonchev–Trinajstić information content (AvgIpc) is 2.10. The van der Waals surface area contributed by atoms with Crippen molar-refractivity contribution < 1.29 is 18.0 Å². The van der Waals surface area contributed by atoms with Crippen molar-refractivity contribution >= 4 is 5.91 Å². The van der Waals surface area contributed by atoms with Gasteiger partial charge in [-0.1, -0.05) is 6.92 Å². The number of alkyl halides is 3. The summed E-state index contributed by atoms with van der Waals surface area (Å²) in [5, 5.41) is 0. The molecular weight excluding hydrogens is 209 g/mol. The van der Waals surface area contributed by atoms with E-state index >= 15 is 0 Å². The van der Waals surface area contributed by atoms with Crippen LogP contribution in [0.25, 0.3) is 0 Å². The van der Waals surface area contributed by atoms with Crippen molar-refractivity contribution in [2.75, 3.05) is 13.1 Å². The molecule has 0 heterocycles. The lowest BCUT2D eigenvalue weighted by molar-refractivity contribution is -0.166. The molecule has 0 saturated heterocycles. The van der Waals surface area contributed by atoms with Crippen LogP contribution in [0.15, 0.2) is 0 Å². The molecule has 0 aliphatic rings. The topological polar surface area (TPSA) is 46.3 Å². The first-order valence-electron chi connectivity index (χ1n) is 4.76. The predicted molar refractivity (Wildman–Crippen MR) is 51.1 cm³/mol. The molecule has 0 saturated carbocycles. The third-order valence-electron chi connectivity index (χ3n) is 2.03. The van der Waals surface area contributed by atoms with E-state index in [1.54, 1.807) is 13.8 Å². The summed E-state index contributed by atoms with van der Waals surface area (Å²) < 4.78 is 36.5. The molecule has 0 fully saturated rings. The van der Waals surface area contributed by atoms with E-state index in [2.05, 4.69) is 0 Å². The highest BCUT2D eigenvalue weighted by Gasteiger charge is 2.35. The fraction of sp³-hybridized carbons (Fsp3) is 0.889. The van der Waals surface area contributed by atoms with Crippen LogP contribution in [0.4, 0.5) is 13.2 Å². The average molecular weight is 226 g/mol. The van der Waals surface area contributed by atoms with Gasteiger partial charge in [0.05, 0.1) is 0 Å². The second-order valence-corrected chi connectivity index (χ2v) is 3.81. The Hall–Kier alpha value is -0.780. The largest absolute Gasteiger partial charge is 0.406 e. The van der Waals surface area contributed by atoms with Crippen LogP contribution in [-0.2, 0) is 4.79 Å². The molecule has 0 rings (SSSR count). The number of hydrogen-bond donors (Lipinski definition) is 1. The smallest absolute Gasteiger partial charge is 0.331 e. The number of amides is 1. The highest BCUT2D eigenvalue weighted by Crippen LogP contribution is 2.19. The van der Waals surface area contributed by atoms with Gasteiger partial charge in [-0.05, 0) is 13.8 Å². The molecule has 2 N–H and O–H groups in total. The number of nitrogens with two attached hydrogens (primary N) is 1.